The first-order chi connectivity index (χ1) is 9.60. The van der Waals surface area contributed by atoms with Crippen LogP contribution in [0.3, 0.4) is 0 Å². The van der Waals surface area contributed by atoms with Gasteiger partial charge in [0.1, 0.15) is 5.75 Å². The fourth-order valence-corrected chi connectivity index (χ4v) is 2.37. The number of amides is 2. The van der Waals surface area contributed by atoms with Crippen LogP contribution < -0.4 is 10.1 Å². The Hall–Kier alpha value is -1.75. The van der Waals surface area contributed by atoms with E-state index in [2.05, 4.69) is 5.32 Å². The summed E-state index contributed by atoms with van der Waals surface area (Å²) >= 11 is 5.95. The first-order valence-corrected chi connectivity index (χ1v) is 6.85. The minimum Gasteiger partial charge on any atom is -0.496 e. The number of nitrogens with one attached hydrogen (secondary N) is 1. The molecule has 2 rings (SSSR count). The van der Waals surface area contributed by atoms with E-state index >= 15 is 0 Å². The third kappa shape index (κ3) is 3.63. The maximum atomic E-state index is 12.3. The van der Waals surface area contributed by atoms with Gasteiger partial charge in [-0.15, -0.1) is 0 Å². The number of hydrogen-bond acceptors (Lipinski definition) is 3. The van der Waals surface area contributed by atoms with Crippen LogP contribution in [0.2, 0.25) is 5.02 Å². The minimum absolute atomic E-state index is 0.0133. The highest BCUT2D eigenvalue weighted by molar-refractivity contribution is 6.30. The second kappa shape index (κ2) is 6.61. The lowest BCUT2D eigenvalue weighted by atomic mass is 10.1. The van der Waals surface area contributed by atoms with Gasteiger partial charge < -0.3 is 15.0 Å². The van der Waals surface area contributed by atoms with E-state index in [4.69, 9.17) is 16.3 Å². The topological polar surface area (TPSA) is 58.6 Å². The van der Waals surface area contributed by atoms with Crippen LogP contribution in [0.25, 0.3) is 0 Å². The molecule has 1 heterocycles. The minimum atomic E-state index is -0.0259. The van der Waals surface area contributed by atoms with Crippen molar-refractivity contribution in [3.8, 4) is 5.75 Å². The standard InChI is InChI=1S/C14H17ClN2O3/c1-20-12-3-2-11(15)8-10(12)9-14(19)17-6-4-13(18)16-5-7-17/h2-3,8H,4-7,9H2,1H3,(H,16,18). The number of halogens is 1. The Morgan fingerprint density at radius 1 is 1.45 bits per heavy atom. The summed E-state index contributed by atoms with van der Waals surface area (Å²) in [5.74, 6) is 0.606. The van der Waals surface area contributed by atoms with Gasteiger partial charge in [-0.2, -0.15) is 0 Å². The van der Waals surface area contributed by atoms with Gasteiger partial charge in [-0.3, -0.25) is 9.59 Å². The van der Waals surface area contributed by atoms with E-state index in [1.807, 2.05) is 0 Å². The van der Waals surface area contributed by atoms with Gasteiger partial charge >= 0.3 is 0 Å². The van der Waals surface area contributed by atoms with Crippen molar-refractivity contribution >= 4 is 23.4 Å². The van der Waals surface area contributed by atoms with Gasteiger partial charge in [0.05, 0.1) is 13.5 Å². The maximum absolute atomic E-state index is 12.3. The van der Waals surface area contributed by atoms with Crippen molar-refractivity contribution in [3.63, 3.8) is 0 Å². The van der Waals surface area contributed by atoms with Gasteiger partial charge in [-0.05, 0) is 18.2 Å². The fourth-order valence-electron chi connectivity index (χ4n) is 2.18. The van der Waals surface area contributed by atoms with Crippen LogP contribution in [-0.2, 0) is 16.0 Å². The van der Waals surface area contributed by atoms with E-state index in [0.29, 0.717) is 36.8 Å². The van der Waals surface area contributed by atoms with Gasteiger partial charge in [0.15, 0.2) is 0 Å². The highest BCUT2D eigenvalue weighted by atomic mass is 35.5. The molecular formula is C14H17ClN2O3. The van der Waals surface area contributed by atoms with Crippen molar-refractivity contribution in [1.82, 2.24) is 10.2 Å². The second-order valence-corrected chi connectivity index (χ2v) is 5.05. The molecule has 0 saturated carbocycles. The summed E-state index contributed by atoms with van der Waals surface area (Å²) in [7, 11) is 1.56. The Morgan fingerprint density at radius 3 is 3.00 bits per heavy atom. The summed E-state index contributed by atoms with van der Waals surface area (Å²) in [5.41, 5.74) is 0.758. The van der Waals surface area contributed by atoms with Crippen LogP contribution in [0.4, 0.5) is 0 Å². The summed E-state index contributed by atoms with van der Waals surface area (Å²) in [4.78, 5) is 25.3. The van der Waals surface area contributed by atoms with Crippen LogP contribution in [0.5, 0.6) is 5.75 Å². The molecule has 20 heavy (non-hydrogen) atoms. The number of rotatable bonds is 3. The Kier molecular flexibility index (Phi) is 4.84. The van der Waals surface area contributed by atoms with E-state index < -0.39 is 0 Å². The number of benzene rings is 1. The molecular weight excluding hydrogens is 280 g/mol. The SMILES string of the molecule is COc1ccc(Cl)cc1CC(=O)N1CCNC(=O)CC1. The van der Waals surface area contributed by atoms with Gasteiger partial charge in [0, 0.05) is 36.6 Å². The number of nitrogens with zero attached hydrogens (tertiary/aromatic N) is 1. The molecule has 0 bridgehead atoms. The lowest BCUT2D eigenvalue weighted by Crippen LogP contribution is -2.35. The summed E-state index contributed by atoms with van der Waals surface area (Å²) in [6, 6.07) is 5.21. The van der Waals surface area contributed by atoms with E-state index in [1.165, 1.54) is 0 Å². The molecule has 1 aromatic carbocycles. The summed E-state index contributed by atoms with van der Waals surface area (Å²) in [6.07, 6.45) is 0.566. The summed E-state index contributed by atoms with van der Waals surface area (Å²) in [5, 5.41) is 3.32. The normalized spacial score (nSPS) is 15.5. The molecule has 1 aliphatic heterocycles. The van der Waals surface area contributed by atoms with Crippen LogP contribution in [0.1, 0.15) is 12.0 Å². The highest BCUT2D eigenvalue weighted by Gasteiger charge is 2.19. The first-order valence-electron chi connectivity index (χ1n) is 6.47. The molecule has 1 saturated heterocycles. The number of ether oxygens (including phenoxy) is 1. The van der Waals surface area contributed by atoms with E-state index in [1.54, 1.807) is 30.2 Å². The number of carbonyl (C=O) groups is 2. The van der Waals surface area contributed by atoms with Crippen molar-refractivity contribution in [3.05, 3.63) is 28.8 Å². The summed E-state index contributed by atoms with van der Waals surface area (Å²) < 4.78 is 5.23. The molecule has 5 nitrogen and oxygen atoms in total. The Morgan fingerprint density at radius 2 is 2.25 bits per heavy atom. The maximum Gasteiger partial charge on any atom is 0.227 e. The molecule has 0 spiro atoms. The van der Waals surface area contributed by atoms with Gasteiger partial charge in [-0.1, -0.05) is 11.6 Å². The second-order valence-electron chi connectivity index (χ2n) is 4.61. The molecule has 0 radical (unpaired) electrons. The predicted molar refractivity (Wildman–Crippen MR) is 75.9 cm³/mol. The average Bonchev–Trinajstić information content (AvgIpc) is 2.64. The summed E-state index contributed by atoms with van der Waals surface area (Å²) in [6.45, 7) is 1.48. The zero-order valence-corrected chi connectivity index (χ0v) is 12.1. The highest BCUT2D eigenvalue weighted by Crippen LogP contribution is 2.23. The molecule has 1 N–H and O–H groups in total. The lowest BCUT2D eigenvalue weighted by Gasteiger charge is -2.20. The quantitative estimate of drug-likeness (QED) is 0.913. The molecule has 2 amide bonds. The third-order valence-corrected chi connectivity index (χ3v) is 3.48. The zero-order chi connectivity index (χ0) is 14.5. The van der Waals surface area contributed by atoms with Crippen LogP contribution in [-0.4, -0.2) is 43.5 Å². The van der Waals surface area contributed by atoms with Gasteiger partial charge in [-0.25, -0.2) is 0 Å². The Labute approximate surface area is 122 Å². The fraction of sp³-hybridized carbons (Fsp3) is 0.429. The van der Waals surface area contributed by atoms with Crippen LogP contribution >= 0.6 is 11.6 Å². The van der Waals surface area contributed by atoms with Crippen molar-refractivity contribution in [1.29, 1.82) is 0 Å². The molecule has 6 heteroatoms. The van der Waals surface area contributed by atoms with Crippen molar-refractivity contribution in [2.24, 2.45) is 0 Å². The van der Waals surface area contributed by atoms with Crippen LogP contribution in [0, 0.1) is 0 Å². The van der Waals surface area contributed by atoms with E-state index in [0.717, 1.165) is 5.56 Å². The van der Waals surface area contributed by atoms with Gasteiger partial charge in [0.2, 0.25) is 11.8 Å². The number of carbonyl (C=O) groups excluding carboxylic acids is 2. The van der Waals surface area contributed by atoms with Crippen molar-refractivity contribution < 1.29 is 14.3 Å². The third-order valence-electron chi connectivity index (χ3n) is 3.25. The lowest BCUT2D eigenvalue weighted by molar-refractivity contribution is -0.130. The molecule has 108 valence electrons. The molecule has 0 unspecified atom stereocenters. The van der Waals surface area contributed by atoms with Crippen molar-refractivity contribution in [2.75, 3.05) is 26.7 Å². The van der Waals surface area contributed by atoms with Crippen molar-refractivity contribution in [2.45, 2.75) is 12.8 Å². The van der Waals surface area contributed by atoms with E-state index in [9.17, 15) is 9.59 Å². The first kappa shape index (κ1) is 14.7. The molecule has 0 atom stereocenters. The average molecular weight is 297 g/mol. The molecule has 1 aromatic rings. The van der Waals surface area contributed by atoms with Crippen LogP contribution in [0.15, 0.2) is 18.2 Å². The number of methoxy groups -OCH3 is 1. The zero-order valence-electron chi connectivity index (χ0n) is 11.3. The van der Waals surface area contributed by atoms with Gasteiger partial charge in [0.25, 0.3) is 0 Å². The molecule has 0 aromatic heterocycles. The predicted octanol–water partition coefficient (Wildman–Crippen LogP) is 1.24. The Bertz CT molecular complexity index is 519. The largest absolute Gasteiger partial charge is 0.496 e. The smallest absolute Gasteiger partial charge is 0.227 e. The Balaban J connectivity index is 2.07. The molecule has 1 aliphatic rings. The molecule has 1 fully saturated rings. The van der Waals surface area contributed by atoms with E-state index in [-0.39, 0.29) is 18.2 Å². The monoisotopic (exact) mass is 296 g/mol. The number of hydrogen-bond donors (Lipinski definition) is 1. The molecule has 0 aliphatic carbocycles.